The van der Waals surface area contributed by atoms with Crippen molar-refractivity contribution in [2.75, 3.05) is 5.32 Å². The van der Waals surface area contributed by atoms with Crippen LogP contribution in [0.25, 0.3) is 21.7 Å². The fourth-order valence-corrected chi connectivity index (χ4v) is 4.17. The molecule has 0 aliphatic heterocycles. The Morgan fingerprint density at radius 1 is 1.00 bits per heavy atom. The predicted octanol–water partition coefficient (Wildman–Crippen LogP) is 4.76. The lowest BCUT2D eigenvalue weighted by molar-refractivity contribution is -0.115. The maximum Gasteiger partial charge on any atom is 0.341 e. The molecular weight excluding hydrogens is 400 g/mol. The molecule has 1 N–H and O–H groups in total. The number of alkyl halides is 2. The minimum atomic E-state index is -4.85. The number of anilines is 1. The van der Waals surface area contributed by atoms with Crippen LogP contribution < -0.4 is 5.32 Å². The highest BCUT2D eigenvalue weighted by Gasteiger charge is 2.29. The van der Waals surface area contributed by atoms with Gasteiger partial charge in [-0.05, 0) is 29.0 Å². The van der Waals surface area contributed by atoms with Crippen molar-refractivity contribution in [1.82, 2.24) is 0 Å². The van der Waals surface area contributed by atoms with Gasteiger partial charge < -0.3 is 9.73 Å². The van der Waals surface area contributed by atoms with E-state index in [9.17, 15) is 22.0 Å². The second-order valence-electron chi connectivity index (χ2n) is 6.45. The van der Waals surface area contributed by atoms with E-state index in [1.54, 1.807) is 0 Å². The van der Waals surface area contributed by atoms with Crippen LogP contribution in [0.4, 0.5) is 14.5 Å². The highest BCUT2D eigenvalue weighted by atomic mass is 32.2. The molecule has 0 saturated heterocycles. The average molecular weight is 415 g/mol. The Morgan fingerprint density at radius 2 is 1.72 bits per heavy atom. The number of rotatable bonds is 5. The molecule has 0 fully saturated rings. The Hall–Kier alpha value is -3.26. The molecule has 1 aromatic heterocycles. The molecule has 4 aromatic rings. The van der Waals surface area contributed by atoms with Crippen LogP contribution in [0.3, 0.4) is 0 Å². The highest BCUT2D eigenvalue weighted by molar-refractivity contribution is 7.91. The van der Waals surface area contributed by atoms with Crippen molar-refractivity contribution in [3.63, 3.8) is 0 Å². The van der Waals surface area contributed by atoms with Gasteiger partial charge in [-0.15, -0.1) is 0 Å². The average Bonchev–Trinajstić information content (AvgIpc) is 3.11. The summed E-state index contributed by atoms with van der Waals surface area (Å²) in [6, 6.07) is 16.5. The summed E-state index contributed by atoms with van der Waals surface area (Å²) in [6.45, 7) is 0. The minimum Gasteiger partial charge on any atom is -0.464 e. The molecule has 29 heavy (non-hydrogen) atoms. The molecule has 0 atom stereocenters. The largest absolute Gasteiger partial charge is 0.464 e. The van der Waals surface area contributed by atoms with Crippen LogP contribution in [0.1, 0.15) is 5.56 Å². The van der Waals surface area contributed by atoms with Gasteiger partial charge in [-0.25, -0.2) is 8.42 Å². The van der Waals surface area contributed by atoms with Gasteiger partial charge in [-0.1, -0.05) is 42.5 Å². The van der Waals surface area contributed by atoms with Gasteiger partial charge >= 0.3 is 5.76 Å². The van der Waals surface area contributed by atoms with Crippen molar-refractivity contribution in [2.45, 2.75) is 17.1 Å². The third-order valence-electron chi connectivity index (χ3n) is 4.59. The van der Waals surface area contributed by atoms with Crippen LogP contribution in [-0.4, -0.2) is 20.1 Å². The number of hydrogen-bond acceptors (Lipinski definition) is 4. The number of carbonyl (C=O) groups excluding carboxylic acids is 1. The Bertz CT molecular complexity index is 1330. The molecule has 5 nitrogen and oxygen atoms in total. The Morgan fingerprint density at radius 3 is 2.52 bits per heavy atom. The number of nitrogens with one attached hydrogen (secondary N) is 1. The van der Waals surface area contributed by atoms with Crippen LogP contribution >= 0.6 is 0 Å². The van der Waals surface area contributed by atoms with Gasteiger partial charge in [0.05, 0.1) is 23.3 Å². The summed E-state index contributed by atoms with van der Waals surface area (Å²) >= 11 is 0. The summed E-state index contributed by atoms with van der Waals surface area (Å²) in [7, 11) is -4.85. The van der Waals surface area contributed by atoms with E-state index in [1.807, 2.05) is 36.4 Å². The summed E-state index contributed by atoms with van der Waals surface area (Å²) in [5.74, 6) is -4.12. The zero-order chi connectivity index (χ0) is 20.6. The lowest BCUT2D eigenvalue weighted by atomic mass is 10.0. The molecule has 1 heterocycles. The van der Waals surface area contributed by atoms with E-state index in [0.717, 1.165) is 22.2 Å². The summed E-state index contributed by atoms with van der Waals surface area (Å²) in [6.07, 6.45) is 1.36. The van der Waals surface area contributed by atoms with E-state index < -0.39 is 26.4 Å². The van der Waals surface area contributed by atoms with Crippen molar-refractivity contribution in [3.8, 4) is 0 Å². The fourth-order valence-electron chi connectivity index (χ4n) is 3.29. The normalized spacial score (nSPS) is 12.0. The van der Waals surface area contributed by atoms with Gasteiger partial charge in [0.15, 0.2) is 0 Å². The zero-order valence-electron chi connectivity index (χ0n) is 14.9. The number of para-hydroxylation sites is 1. The first-order valence-electron chi connectivity index (χ1n) is 8.66. The van der Waals surface area contributed by atoms with Crippen molar-refractivity contribution >= 4 is 43.2 Å². The number of sulfone groups is 1. The Labute approximate surface area is 164 Å². The third kappa shape index (κ3) is 3.47. The SMILES string of the molecule is O=C(Cc1coc2ccc3ccccc3c12)Nc1ccccc1S(=O)(=O)C(F)F. The van der Waals surface area contributed by atoms with E-state index >= 15 is 0 Å². The summed E-state index contributed by atoms with van der Waals surface area (Å²) in [5, 5.41) is 5.12. The van der Waals surface area contributed by atoms with Crippen molar-refractivity contribution < 1.29 is 26.4 Å². The number of halogens is 2. The van der Waals surface area contributed by atoms with Crippen LogP contribution in [-0.2, 0) is 21.1 Å². The number of furan rings is 1. The van der Waals surface area contributed by atoms with Gasteiger partial charge in [-0.2, -0.15) is 8.78 Å². The second kappa shape index (κ2) is 7.29. The summed E-state index contributed by atoms with van der Waals surface area (Å²) < 4.78 is 55.1. The number of fused-ring (bicyclic) bond motifs is 3. The number of amides is 1. The Balaban J connectivity index is 1.67. The van der Waals surface area contributed by atoms with E-state index in [-0.39, 0.29) is 12.1 Å². The molecule has 1 amide bonds. The molecule has 8 heteroatoms. The first kappa shape index (κ1) is 19.1. The molecule has 0 radical (unpaired) electrons. The molecule has 0 bridgehead atoms. The maximum absolute atomic E-state index is 12.9. The van der Waals surface area contributed by atoms with E-state index in [0.29, 0.717) is 11.1 Å². The van der Waals surface area contributed by atoms with E-state index in [1.165, 1.54) is 24.5 Å². The van der Waals surface area contributed by atoms with Crippen molar-refractivity contribution in [1.29, 1.82) is 0 Å². The topological polar surface area (TPSA) is 76.4 Å². The maximum atomic E-state index is 12.9. The molecule has 148 valence electrons. The molecule has 4 rings (SSSR count). The highest BCUT2D eigenvalue weighted by Crippen LogP contribution is 2.31. The third-order valence-corrected chi connectivity index (χ3v) is 6.03. The van der Waals surface area contributed by atoms with Gasteiger partial charge in [0.1, 0.15) is 5.58 Å². The van der Waals surface area contributed by atoms with Crippen LogP contribution in [0.2, 0.25) is 0 Å². The second-order valence-corrected chi connectivity index (χ2v) is 8.33. The predicted molar refractivity (Wildman–Crippen MR) is 106 cm³/mol. The van der Waals surface area contributed by atoms with Gasteiger partial charge in [0, 0.05) is 10.9 Å². The van der Waals surface area contributed by atoms with Crippen LogP contribution in [0.15, 0.2) is 76.2 Å². The first-order chi connectivity index (χ1) is 13.9. The lowest BCUT2D eigenvalue weighted by Crippen LogP contribution is -2.19. The standard InChI is InChI=1S/C21H15F2NO4S/c22-21(23)29(26,27)18-8-4-3-7-16(18)24-19(25)11-14-12-28-17-10-9-13-5-1-2-6-15(13)20(14)17/h1-10,12,21H,11H2,(H,24,25). The molecular formula is C21H15F2NO4S. The fraction of sp³-hybridized carbons (Fsp3) is 0.0952. The smallest absolute Gasteiger partial charge is 0.341 e. The molecule has 0 unspecified atom stereocenters. The first-order valence-corrected chi connectivity index (χ1v) is 10.2. The number of hydrogen-bond donors (Lipinski definition) is 1. The van der Waals surface area contributed by atoms with E-state index in [4.69, 9.17) is 4.42 Å². The van der Waals surface area contributed by atoms with Crippen molar-refractivity contribution in [3.05, 3.63) is 72.5 Å². The van der Waals surface area contributed by atoms with E-state index in [2.05, 4.69) is 5.32 Å². The monoisotopic (exact) mass is 415 g/mol. The quantitative estimate of drug-likeness (QED) is 0.510. The molecule has 0 spiro atoms. The molecule has 3 aromatic carbocycles. The molecule has 0 aliphatic carbocycles. The van der Waals surface area contributed by atoms with Crippen molar-refractivity contribution in [2.24, 2.45) is 0 Å². The van der Waals surface area contributed by atoms with Gasteiger partial charge in [-0.3, -0.25) is 4.79 Å². The number of benzene rings is 3. The van der Waals surface area contributed by atoms with Gasteiger partial charge in [0.25, 0.3) is 0 Å². The Kier molecular flexibility index (Phi) is 4.79. The molecule has 0 aliphatic rings. The van der Waals surface area contributed by atoms with Gasteiger partial charge in [0.2, 0.25) is 15.7 Å². The summed E-state index contributed by atoms with van der Waals surface area (Å²) in [4.78, 5) is 12.0. The molecule has 0 saturated carbocycles. The van der Waals surface area contributed by atoms with Crippen LogP contribution in [0, 0.1) is 0 Å². The zero-order valence-corrected chi connectivity index (χ0v) is 15.7. The summed E-state index contributed by atoms with van der Waals surface area (Å²) in [5.41, 5.74) is 1.05. The number of carbonyl (C=O) groups is 1. The minimum absolute atomic E-state index is 0.107. The van der Waals surface area contributed by atoms with Crippen LogP contribution in [0.5, 0.6) is 0 Å². The lowest BCUT2D eigenvalue weighted by Gasteiger charge is -2.11.